The highest BCUT2D eigenvalue weighted by Crippen LogP contribution is 2.23. The summed E-state index contributed by atoms with van der Waals surface area (Å²) in [6.07, 6.45) is 43.7. The Bertz CT molecular complexity index is 1190. The summed E-state index contributed by atoms with van der Waals surface area (Å²) in [6.45, 7) is 3.83. The van der Waals surface area contributed by atoms with Crippen molar-refractivity contribution in [1.82, 2.24) is 0 Å². The fourth-order valence-electron chi connectivity index (χ4n) is 8.50. The van der Waals surface area contributed by atoms with Crippen LogP contribution in [0.3, 0.4) is 0 Å². The summed E-state index contributed by atoms with van der Waals surface area (Å²) in [5.41, 5.74) is 0. The Morgan fingerprint density at radius 3 is 1.29 bits per heavy atom. The van der Waals surface area contributed by atoms with Crippen molar-refractivity contribution in [3.8, 4) is 0 Å². The minimum Gasteiger partial charge on any atom is -0.479 e. The molecule has 1 fully saturated rings. The second kappa shape index (κ2) is 45.2. The van der Waals surface area contributed by atoms with Gasteiger partial charge in [-0.3, -0.25) is 9.59 Å². The monoisotopic (exact) mass is 937 g/mol. The van der Waals surface area contributed by atoms with Crippen molar-refractivity contribution in [1.29, 1.82) is 0 Å². The van der Waals surface area contributed by atoms with Gasteiger partial charge >= 0.3 is 17.9 Å². The largest absolute Gasteiger partial charge is 0.479 e. The molecule has 1 rings (SSSR count). The second-order valence-corrected chi connectivity index (χ2v) is 19.1. The number of aliphatic carboxylic acids is 1. The Kier molecular flexibility index (Phi) is 42.2. The Labute approximate surface area is 402 Å². The van der Waals surface area contributed by atoms with Gasteiger partial charge in [0, 0.05) is 12.8 Å². The third-order valence-corrected chi connectivity index (χ3v) is 12.8. The summed E-state index contributed by atoms with van der Waals surface area (Å²) in [5.74, 6) is -2.44. The van der Waals surface area contributed by atoms with Crippen molar-refractivity contribution in [3.05, 3.63) is 24.3 Å². The molecule has 1 aliphatic heterocycles. The van der Waals surface area contributed by atoms with Gasteiger partial charge < -0.3 is 39.4 Å². The van der Waals surface area contributed by atoms with E-state index in [0.717, 1.165) is 51.4 Å². The molecule has 0 aromatic rings. The number of hydrogen-bond acceptors (Lipinski definition) is 10. The minimum absolute atomic E-state index is 0.186. The van der Waals surface area contributed by atoms with Crippen LogP contribution in [0.4, 0.5) is 0 Å². The van der Waals surface area contributed by atoms with Crippen LogP contribution in [0.15, 0.2) is 24.3 Å². The lowest BCUT2D eigenvalue weighted by atomic mass is 9.99. The molecule has 0 aromatic heterocycles. The van der Waals surface area contributed by atoms with Crippen LogP contribution in [0.25, 0.3) is 0 Å². The van der Waals surface area contributed by atoms with E-state index in [0.29, 0.717) is 12.8 Å². The van der Waals surface area contributed by atoms with Crippen LogP contribution in [0.1, 0.15) is 258 Å². The number of unbranched alkanes of at least 4 members (excludes halogenated alkanes) is 32. The zero-order chi connectivity index (χ0) is 48.1. The Balaban J connectivity index is 2.25. The zero-order valence-corrected chi connectivity index (χ0v) is 42.2. The SMILES string of the molecule is CCCCC/C=C\C/C=C\CCCCCCCCCC(=O)OCC(COC1OC(C(=O)O)C(O)C(O)C1O)OC(=O)CCCCCCCCCCCCCCCCCCCCCCCCC. The first-order chi connectivity index (χ1) is 32.2. The molecule has 11 heteroatoms. The predicted molar refractivity (Wildman–Crippen MR) is 266 cm³/mol. The van der Waals surface area contributed by atoms with Gasteiger partial charge in [0.1, 0.15) is 24.9 Å². The van der Waals surface area contributed by atoms with E-state index in [1.165, 1.54) is 167 Å². The average Bonchev–Trinajstić information content (AvgIpc) is 3.30. The first kappa shape index (κ1) is 61.7. The summed E-state index contributed by atoms with van der Waals surface area (Å²) >= 11 is 0. The third-order valence-electron chi connectivity index (χ3n) is 12.8. The van der Waals surface area contributed by atoms with Gasteiger partial charge in [-0.2, -0.15) is 0 Å². The van der Waals surface area contributed by atoms with Gasteiger partial charge in [-0.05, 0) is 44.9 Å². The van der Waals surface area contributed by atoms with Gasteiger partial charge in [0.25, 0.3) is 0 Å². The molecule has 11 nitrogen and oxygen atoms in total. The first-order valence-corrected chi connectivity index (χ1v) is 27.4. The van der Waals surface area contributed by atoms with E-state index in [1.807, 2.05) is 0 Å². The molecule has 66 heavy (non-hydrogen) atoms. The van der Waals surface area contributed by atoms with Crippen molar-refractivity contribution >= 4 is 17.9 Å². The number of rotatable bonds is 47. The molecule has 0 saturated carbocycles. The molecule has 1 saturated heterocycles. The molecular formula is C55H100O11. The number of aliphatic hydroxyl groups excluding tert-OH is 3. The van der Waals surface area contributed by atoms with E-state index in [4.69, 9.17) is 18.9 Å². The number of carboxylic acids is 1. The standard InChI is InChI=1S/C55H100O11/c1-3-5-7-9-11-13-15-17-19-21-22-23-24-25-26-28-30-32-34-36-38-40-42-44-49(57)65-47(46-64-55-52(60)50(58)51(59)53(66-55)54(61)62)45-63-48(56)43-41-39-37-35-33-31-29-27-20-18-16-14-12-10-8-6-4-2/h12,14,18,20,47,50-53,55,58-60H,3-11,13,15-17,19,21-46H2,1-2H3,(H,61,62)/b14-12-,20-18-. The molecule has 0 aliphatic carbocycles. The van der Waals surface area contributed by atoms with E-state index in [2.05, 4.69) is 38.2 Å². The quantitative estimate of drug-likeness (QED) is 0.0260. The van der Waals surface area contributed by atoms with E-state index < -0.39 is 54.7 Å². The van der Waals surface area contributed by atoms with E-state index >= 15 is 0 Å². The first-order valence-electron chi connectivity index (χ1n) is 27.4. The van der Waals surface area contributed by atoms with Crippen LogP contribution in [0.2, 0.25) is 0 Å². The fraction of sp³-hybridized carbons (Fsp3) is 0.873. The number of hydrogen-bond donors (Lipinski definition) is 4. The van der Waals surface area contributed by atoms with Crippen LogP contribution in [0, 0.1) is 0 Å². The molecule has 386 valence electrons. The molecule has 0 aromatic carbocycles. The average molecular weight is 937 g/mol. The number of carbonyl (C=O) groups excluding carboxylic acids is 2. The molecule has 0 bridgehead atoms. The van der Waals surface area contributed by atoms with Crippen LogP contribution in [0.5, 0.6) is 0 Å². The topological polar surface area (TPSA) is 169 Å². The number of aliphatic hydroxyl groups is 3. The fourth-order valence-corrected chi connectivity index (χ4v) is 8.50. The zero-order valence-electron chi connectivity index (χ0n) is 42.2. The maximum Gasteiger partial charge on any atom is 0.335 e. The highest BCUT2D eigenvalue weighted by atomic mass is 16.7. The molecule has 0 spiro atoms. The van der Waals surface area contributed by atoms with Crippen LogP contribution < -0.4 is 0 Å². The van der Waals surface area contributed by atoms with Gasteiger partial charge in [-0.1, -0.05) is 224 Å². The normalized spacial score (nSPS) is 19.2. The molecule has 1 heterocycles. The highest BCUT2D eigenvalue weighted by molar-refractivity contribution is 5.73. The maximum atomic E-state index is 12.9. The van der Waals surface area contributed by atoms with Crippen molar-refractivity contribution in [2.24, 2.45) is 0 Å². The summed E-state index contributed by atoms with van der Waals surface area (Å²) in [7, 11) is 0. The Morgan fingerprint density at radius 2 is 0.848 bits per heavy atom. The van der Waals surface area contributed by atoms with Crippen LogP contribution >= 0.6 is 0 Å². The number of carbonyl (C=O) groups is 3. The summed E-state index contributed by atoms with van der Waals surface area (Å²) in [4.78, 5) is 37.0. The van der Waals surface area contributed by atoms with Crippen LogP contribution in [-0.2, 0) is 33.3 Å². The van der Waals surface area contributed by atoms with Gasteiger partial charge in [0.2, 0.25) is 0 Å². The maximum absolute atomic E-state index is 12.9. The Hall–Kier alpha value is -2.31. The lowest BCUT2D eigenvalue weighted by molar-refractivity contribution is -0.298. The second-order valence-electron chi connectivity index (χ2n) is 19.1. The Morgan fingerprint density at radius 1 is 0.470 bits per heavy atom. The number of carboxylic acid groups (broad SMARTS) is 1. The van der Waals surface area contributed by atoms with E-state index in [1.54, 1.807) is 0 Å². The predicted octanol–water partition coefficient (Wildman–Crippen LogP) is 13.3. The van der Waals surface area contributed by atoms with Crippen molar-refractivity contribution in [3.63, 3.8) is 0 Å². The van der Waals surface area contributed by atoms with E-state index in [-0.39, 0.29) is 26.1 Å². The molecular weight excluding hydrogens is 837 g/mol. The molecule has 0 radical (unpaired) electrons. The third kappa shape index (κ3) is 35.8. The minimum atomic E-state index is -1.86. The molecule has 6 unspecified atom stereocenters. The van der Waals surface area contributed by atoms with Gasteiger partial charge in [-0.25, -0.2) is 4.79 Å². The summed E-state index contributed by atoms with van der Waals surface area (Å²) in [6, 6.07) is 0. The number of ether oxygens (including phenoxy) is 4. The number of allylic oxidation sites excluding steroid dienone is 4. The molecule has 1 aliphatic rings. The van der Waals surface area contributed by atoms with Crippen LogP contribution in [-0.4, -0.2) is 88.4 Å². The number of esters is 2. The van der Waals surface area contributed by atoms with Gasteiger partial charge in [-0.15, -0.1) is 0 Å². The van der Waals surface area contributed by atoms with Gasteiger partial charge in [0.15, 0.2) is 18.5 Å². The van der Waals surface area contributed by atoms with Gasteiger partial charge in [0.05, 0.1) is 6.61 Å². The smallest absolute Gasteiger partial charge is 0.335 e. The molecule has 0 amide bonds. The summed E-state index contributed by atoms with van der Waals surface area (Å²) < 4.78 is 21.9. The highest BCUT2D eigenvalue weighted by Gasteiger charge is 2.47. The molecule has 4 N–H and O–H groups in total. The van der Waals surface area contributed by atoms with Crippen molar-refractivity contribution in [2.75, 3.05) is 13.2 Å². The molecule has 6 atom stereocenters. The van der Waals surface area contributed by atoms with Crippen molar-refractivity contribution in [2.45, 2.75) is 295 Å². The van der Waals surface area contributed by atoms with E-state index in [9.17, 15) is 34.8 Å². The lowest BCUT2D eigenvalue weighted by Gasteiger charge is -2.38. The lowest BCUT2D eigenvalue weighted by Crippen LogP contribution is -2.60. The van der Waals surface area contributed by atoms with Crippen molar-refractivity contribution < 1.29 is 53.8 Å². The summed E-state index contributed by atoms with van der Waals surface area (Å²) in [5, 5.41) is 40.0.